The average Bonchev–Trinajstić information content (AvgIpc) is 3.58. The standard InChI is InChI=1S/C30H51NO3.C19H22N2O.2CH2O2/c1-30(2,3)24-20-15-13-11-9-7-5-4-6-8-10-12-14-19-23-28(32)31-25-29(33)34-26-27-21-17-16-18-22-27;1-2-19(22)21-12-11-20-13-18-16-9-5-3-7-14(16)15-8-4-6-10-17(15)18;2*2-1-3/h16-18,21-22H,4-15,19-20,23-26H2,1-3H3,(H,31,32);3-10,18,20H,2,11-13H2,1H3,(H,21,22);2*1H,(H,2,3). The maximum Gasteiger partial charge on any atom is 0.325 e. The van der Waals surface area contributed by atoms with Crippen LogP contribution in [0.5, 0.6) is 0 Å². The fourth-order valence-electron chi connectivity index (χ4n) is 7.25. The first kappa shape index (κ1) is 55.0. The van der Waals surface area contributed by atoms with Gasteiger partial charge in [-0.3, -0.25) is 24.0 Å². The first-order valence-corrected chi connectivity index (χ1v) is 22.8. The van der Waals surface area contributed by atoms with Crippen molar-refractivity contribution in [2.75, 3.05) is 26.2 Å². The number of esters is 1. The number of amides is 2. The Labute approximate surface area is 372 Å². The van der Waals surface area contributed by atoms with Crippen LogP contribution in [0.3, 0.4) is 0 Å². The molecule has 4 rings (SSSR count). The van der Waals surface area contributed by atoms with E-state index in [1.165, 1.54) is 106 Å². The molecule has 0 fully saturated rings. The van der Waals surface area contributed by atoms with Gasteiger partial charge in [0.1, 0.15) is 13.2 Å². The van der Waals surface area contributed by atoms with Crippen molar-refractivity contribution in [1.29, 1.82) is 0 Å². The molecular formula is C51H77N3O8. The molecule has 1 aliphatic carbocycles. The van der Waals surface area contributed by atoms with Gasteiger partial charge in [0.2, 0.25) is 11.8 Å². The van der Waals surface area contributed by atoms with Crippen molar-refractivity contribution in [3.63, 3.8) is 0 Å². The molecule has 3 aromatic carbocycles. The van der Waals surface area contributed by atoms with Crippen LogP contribution in [0.4, 0.5) is 0 Å². The van der Waals surface area contributed by atoms with Gasteiger partial charge in [0.25, 0.3) is 12.9 Å². The Balaban J connectivity index is 0.000000583. The summed E-state index contributed by atoms with van der Waals surface area (Å²) in [6.07, 6.45) is 20.6. The zero-order valence-corrected chi connectivity index (χ0v) is 38.1. The molecule has 0 bridgehead atoms. The largest absolute Gasteiger partial charge is 0.483 e. The van der Waals surface area contributed by atoms with E-state index in [-0.39, 0.29) is 37.9 Å². The van der Waals surface area contributed by atoms with Crippen molar-refractivity contribution in [2.45, 2.75) is 149 Å². The Morgan fingerprint density at radius 3 is 1.55 bits per heavy atom. The van der Waals surface area contributed by atoms with E-state index in [9.17, 15) is 14.4 Å². The SMILES string of the molecule is CC(C)(C)CCCCCCCCCCCCCCCCC(=O)NCC(=O)OCc1ccccc1.CCC(=O)NCCNCC1c2ccccc2-c2ccccc21.O=CO.O=CO. The van der Waals surface area contributed by atoms with E-state index in [1.54, 1.807) is 0 Å². The lowest BCUT2D eigenvalue weighted by Crippen LogP contribution is -2.33. The van der Waals surface area contributed by atoms with Crippen molar-refractivity contribution < 1.29 is 38.9 Å². The van der Waals surface area contributed by atoms with Gasteiger partial charge in [-0.2, -0.15) is 0 Å². The molecule has 0 saturated carbocycles. The van der Waals surface area contributed by atoms with Crippen LogP contribution in [-0.2, 0) is 35.3 Å². The molecule has 0 heterocycles. The first-order valence-electron chi connectivity index (χ1n) is 22.8. The third-order valence-corrected chi connectivity index (χ3v) is 10.5. The Kier molecular flexibility index (Phi) is 31.5. The smallest absolute Gasteiger partial charge is 0.325 e. The second kappa shape index (κ2) is 35.6. The number of unbranched alkanes of at least 4 members (excludes halogenated alkanes) is 13. The summed E-state index contributed by atoms with van der Waals surface area (Å²) in [5.41, 5.74) is 6.94. The lowest BCUT2D eigenvalue weighted by atomic mass is 9.89. The quantitative estimate of drug-likeness (QED) is 0.0299. The van der Waals surface area contributed by atoms with Gasteiger partial charge < -0.3 is 30.9 Å². The number of fused-ring (bicyclic) bond motifs is 3. The van der Waals surface area contributed by atoms with E-state index in [4.69, 9.17) is 24.5 Å². The summed E-state index contributed by atoms with van der Waals surface area (Å²) in [6, 6.07) is 26.8. The first-order chi connectivity index (χ1) is 30.0. The number of carbonyl (C=O) groups is 5. The molecular weight excluding hydrogens is 783 g/mol. The molecule has 0 saturated heterocycles. The van der Waals surface area contributed by atoms with Crippen LogP contribution < -0.4 is 16.0 Å². The van der Waals surface area contributed by atoms with Crippen molar-refractivity contribution in [3.05, 3.63) is 95.6 Å². The summed E-state index contributed by atoms with van der Waals surface area (Å²) in [5, 5.41) is 22.8. The molecule has 11 heteroatoms. The van der Waals surface area contributed by atoms with E-state index in [1.807, 2.05) is 37.3 Å². The fraction of sp³-hybridized carbons (Fsp3) is 0.549. The Morgan fingerprint density at radius 1 is 0.613 bits per heavy atom. The molecule has 344 valence electrons. The molecule has 2 amide bonds. The molecule has 0 unspecified atom stereocenters. The van der Waals surface area contributed by atoms with E-state index in [0.717, 1.165) is 31.5 Å². The van der Waals surface area contributed by atoms with Gasteiger partial charge in [-0.05, 0) is 46.1 Å². The maximum atomic E-state index is 11.9. The lowest BCUT2D eigenvalue weighted by molar-refractivity contribution is -0.145. The zero-order chi connectivity index (χ0) is 45.7. The summed E-state index contributed by atoms with van der Waals surface area (Å²) in [6.45, 7) is 10.9. The molecule has 62 heavy (non-hydrogen) atoms. The number of nitrogens with one attached hydrogen (secondary N) is 3. The summed E-state index contributed by atoms with van der Waals surface area (Å²) >= 11 is 0. The number of hydrogen-bond acceptors (Lipinski definition) is 7. The van der Waals surface area contributed by atoms with Crippen molar-refractivity contribution in [1.82, 2.24) is 16.0 Å². The molecule has 0 aliphatic heterocycles. The highest BCUT2D eigenvalue weighted by molar-refractivity contribution is 5.82. The number of benzene rings is 3. The van der Waals surface area contributed by atoms with Gasteiger partial charge in [0.15, 0.2) is 0 Å². The summed E-state index contributed by atoms with van der Waals surface area (Å²) < 4.78 is 5.17. The predicted molar refractivity (Wildman–Crippen MR) is 250 cm³/mol. The van der Waals surface area contributed by atoms with Gasteiger partial charge in [-0.25, -0.2) is 0 Å². The highest BCUT2D eigenvalue weighted by Gasteiger charge is 2.27. The van der Waals surface area contributed by atoms with E-state index in [0.29, 0.717) is 30.7 Å². The highest BCUT2D eigenvalue weighted by atomic mass is 16.5. The highest BCUT2D eigenvalue weighted by Crippen LogP contribution is 2.44. The molecule has 0 spiro atoms. The van der Waals surface area contributed by atoms with Crippen molar-refractivity contribution >= 4 is 30.7 Å². The van der Waals surface area contributed by atoms with Crippen LogP contribution in [0, 0.1) is 5.41 Å². The number of carbonyl (C=O) groups excluding carboxylic acids is 3. The van der Waals surface area contributed by atoms with Crippen LogP contribution in [0.1, 0.15) is 159 Å². The second-order valence-electron chi connectivity index (χ2n) is 16.8. The fourth-order valence-corrected chi connectivity index (χ4v) is 7.25. The third kappa shape index (κ3) is 27.0. The van der Waals surface area contributed by atoms with Crippen molar-refractivity contribution in [3.8, 4) is 11.1 Å². The van der Waals surface area contributed by atoms with E-state index < -0.39 is 5.97 Å². The minimum Gasteiger partial charge on any atom is -0.483 e. The number of rotatable bonds is 26. The summed E-state index contributed by atoms with van der Waals surface area (Å²) in [5.74, 6) is 0.0480. The Morgan fingerprint density at radius 2 is 1.06 bits per heavy atom. The van der Waals surface area contributed by atoms with Gasteiger partial charge in [0, 0.05) is 38.4 Å². The molecule has 1 aliphatic rings. The molecule has 0 aromatic heterocycles. The maximum absolute atomic E-state index is 11.9. The minimum atomic E-state index is -0.395. The topological polar surface area (TPSA) is 171 Å². The average molecular weight is 860 g/mol. The Hall–Kier alpha value is -5.03. The number of hydrogen-bond donors (Lipinski definition) is 5. The number of ether oxygens (including phenoxy) is 1. The van der Waals surface area contributed by atoms with Crippen LogP contribution in [0.25, 0.3) is 11.1 Å². The summed E-state index contributed by atoms with van der Waals surface area (Å²) in [7, 11) is 0. The molecule has 0 atom stereocenters. The van der Waals surface area contributed by atoms with Crippen LogP contribution in [-0.4, -0.2) is 67.1 Å². The van der Waals surface area contributed by atoms with Crippen molar-refractivity contribution in [2.24, 2.45) is 5.41 Å². The predicted octanol–water partition coefficient (Wildman–Crippen LogP) is 10.4. The Bertz CT molecular complexity index is 1590. The molecule has 5 N–H and O–H groups in total. The number of carboxylic acid groups (broad SMARTS) is 2. The van der Waals surface area contributed by atoms with Gasteiger partial charge in [-0.15, -0.1) is 0 Å². The normalized spacial score (nSPS) is 11.2. The third-order valence-electron chi connectivity index (χ3n) is 10.5. The second-order valence-corrected chi connectivity index (χ2v) is 16.8. The van der Waals surface area contributed by atoms with Crippen LogP contribution >= 0.6 is 0 Å². The minimum absolute atomic E-state index is 0.0527. The molecule has 11 nitrogen and oxygen atoms in total. The summed E-state index contributed by atoms with van der Waals surface area (Å²) in [4.78, 5) is 51.5. The molecule has 3 aromatic rings. The zero-order valence-electron chi connectivity index (χ0n) is 38.1. The van der Waals surface area contributed by atoms with Gasteiger partial charge in [-0.1, -0.05) is 190 Å². The molecule has 0 radical (unpaired) electrons. The monoisotopic (exact) mass is 860 g/mol. The van der Waals surface area contributed by atoms with Gasteiger partial charge in [0.05, 0.1) is 0 Å². The van der Waals surface area contributed by atoms with E-state index in [2.05, 4.69) is 85.3 Å². The van der Waals surface area contributed by atoms with Gasteiger partial charge >= 0.3 is 5.97 Å². The van der Waals surface area contributed by atoms with Crippen LogP contribution in [0.15, 0.2) is 78.9 Å². The lowest BCUT2D eigenvalue weighted by Gasteiger charge is -2.17. The van der Waals surface area contributed by atoms with E-state index >= 15 is 0 Å². The van der Waals surface area contributed by atoms with Crippen LogP contribution in [0.2, 0.25) is 0 Å².